The highest BCUT2D eigenvalue weighted by Crippen LogP contribution is 2.37. The molecule has 1 aliphatic heterocycles. The van der Waals surface area contributed by atoms with Crippen molar-refractivity contribution in [3.8, 4) is 0 Å². The van der Waals surface area contributed by atoms with Gasteiger partial charge in [0.2, 0.25) is 5.91 Å². The highest BCUT2D eigenvalue weighted by Gasteiger charge is 2.38. The molecule has 2 heterocycles. The molecule has 0 unspecified atom stereocenters. The number of hydrogen-bond acceptors (Lipinski definition) is 4. The largest absolute Gasteiger partial charge is 0.416 e. The molecule has 32 heavy (non-hydrogen) atoms. The van der Waals surface area contributed by atoms with E-state index in [0.29, 0.717) is 27.8 Å². The Kier molecular flexibility index (Phi) is 5.68. The van der Waals surface area contributed by atoms with Gasteiger partial charge in [0.05, 0.1) is 23.4 Å². The number of aromatic nitrogens is 1. The van der Waals surface area contributed by atoms with Gasteiger partial charge < -0.3 is 10.2 Å². The van der Waals surface area contributed by atoms with Gasteiger partial charge in [0.1, 0.15) is 0 Å². The summed E-state index contributed by atoms with van der Waals surface area (Å²) in [6.45, 7) is 0.0753. The van der Waals surface area contributed by atoms with Crippen LogP contribution in [0.2, 0.25) is 0 Å². The van der Waals surface area contributed by atoms with E-state index >= 15 is 0 Å². The molecule has 1 aromatic heterocycles. The Balaban J connectivity index is 1.54. The van der Waals surface area contributed by atoms with Crippen molar-refractivity contribution >= 4 is 28.3 Å². The third-order valence-electron chi connectivity index (χ3n) is 5.56. The molecule has 0 saturated heterocycles. The van der Waals surface area contributed by atoms with Crippen molar-refractivity contribution < 1.29 is 35.9 Å². The van der Waals surface area contributed by atoms with Crippen LogP contribution >= 0.6 is 11.3 Å². The summed E-state index contributed by atoms with van der Waals surface area (Å²) in [5.41, 5.74) is -3.10. The number of rotatable bonds is 3. The number of alkyl halides is 6. The van der Waals surface area contributed by atoms with E-state index in [4.69, 9.17) is 0 Å². The zero-order valence-corrected chi connectivity index (χ0v) is 17.3. The minimum Gasteiger partial charge on any atom is -0.333 e. The zero-order valence-electron chi connectivity index (χ0n) is 16.4. The van der Waals surface area contributed by atoms with Crippen LogP contribution in [0.4, 0.5) is 31.5 Å². The SMILES string of the molecule is O=C(Nc1nc2c(s1)CN(C(=O)c1cc(C(F)(F)F)cc(C(F)(F)F)c1)CC2)C1CCC1. The Labute approximate surface area is 182 Å². The van der Waals surface area contributed by atoms with E-state index in [2.05, 4.69) is 10.3 Å². The molecular weight excluding hydrogens is 460 g/mol. The molecule has 1 fully saturated rings. The first-order chi connectivity index (χ1) is 14.9. The van der Waals surface area contributed by atoms with Crippen LogP contribution in [0, 0.1) is 5.92 Å². The van der Waals surface area contributed by atoms with Crippen molar-refractivity contribution in [3.63, 3.8) is 0 Å². The van der Waals surface area contributed by atoms with E-state index in [1.807, 2.05) is 0 Å². The molecule has 1 aromatic carbocycles. The Morgan fingerprint density at radius 3 is 2.19 bits per heavy atom. The number of anilines is 1. The van der Waals surface area contributed by atoms with E-state index in [0.717, 1.165) is 30.6 Å². The van der Waals surface area contributed by atoms with Crippen LogP contribution in [0.25, 0.3) is 0 Å². The van der Waals surface area contributed by atoms with Crippen molar-refractivity contribution in [2.75, 3.05) is 11.9 Å². The molecule has 172 valence electrons. The summed E-state index contributed by atoms with van der Waals surface area (Å²) in [5.74, 6) is -1.10. The van der Waals surface area contributed by atoms with E-state index in [1.165, 1.54) is 4.90 Å². The molecule has 0 bridgehead atoms. The first-order valence-electron chi connectivity index (χ1n) is 9.80. The predicted molar refractivity (Wildman–Crippen MR) is 103 cm³/mol. The van der Waals surface area contributed by atoms with Gasteiger partial charge in [-0.25, -0.2) is 4.98 Å². The van der Waals surface area contributed by atoms with Gasteiger partial charge in [0, 0.05) is 29.3 Å². The van der Waals surface area contributed by atoms with Crippen molar-refractivity contribution in [2.24, 2.45) is 5.92 Å². The standard InChI is InChI=1S/C20H17F6N3O2S/c21-19(22,23)12-6-11(7-13(8-12)20(24,25)26)17(31)29-5-4-14-15(9-29)32-18(27-14)28-16(30)10-2-1-3-10/h6-8,10H,1-5,9H2,(H,27,28,30). The molecule has 2 aliphatic rings. The van der Waals surface area contributed by atoms with Gasteiger partial charge >= 0.3 is 12.4 Å². The van der Waals surface area contributed by atoms with Gasteiger partial charge in [-0.15, -0.1) is 0 Å². The van der Waals surface area contributed by atoms with Crippen LogP contribution in [0.15, 0.2) is 18.2 Å². The molecule has 0 radical (unpaired) electrons. The van der Waals surface area contributed by atoms with Crippen LogP contribution in [0.3, 0.4) is 0 Å². The Hall–Kier alpha value is -2.63. The summed E-state index contributed by atoms with van der Waals surface area (Å²) in [4.78, 5) is 31.1. The Morgan fingerprint density at radius 2 is 1.66 bits per heavy atom. The second kappa shape index (κ2) is 8.05. The Morgan fingerprint density at radius 1 is 1.03 bits per heavy atom. The number of amides is 2. The fraction of sp³-hybridized carbons (Fsp3) is 0.450. The summed E-state index contributed by atoms with van der Waals surface area (Å²) in [6, 6.07) is 0.861. The number of carbonyl (C=O) groups excluding carboxylic acids is 2. The molecule has 0 spiro atoms. The highest BCUT2D eigenvalue weighted by molar-refractivity contribution is 7.15. The Bertz CT molecular complexity index is 1030. The molecule has 2 amide bonds. The summed E-state index contributed by atoms with van der Waals surface area (Å²) in [7, 11) is 0. The maximum Gasteiger partial charge on any atom is 0.416 e. The second-order valence-electron chi connectivity index (χ2n) is 7.78. The number of halogens is 6. The normalized spacial score (nSPS) is 17.0. The zero-order chi connectivity index (χ0) is 23.3. The fourth-order valence-electron chi connectivity index (χ4n) is 3.56. The van der Waals surface area contributed by atoms with Crippen LogP contribution in [-0.4, -0.2) is 28.2 Å². The fourth-order valence-corrected chi connectivity index (χ4v) is 4.59. The smallest absolute Gasteiger partial charge is 0.333 e. The van der Waals surface area contributed by atoms with Crippen LogP contribution < -0.4 is 5.32 Å². The maximum absolute atomic E-state index is 13.1. The quantitative estimate of drug-likeness (QED) is 0.625. The maximum atomic E-state index is 13.1. The first-order valence-corrected chi connectivity index (χ1v) is 10.6. The lowest BCUT2D eigenvalue weighted by Gasteiger charge is -2.26. The first kappa shape index (κ1) is 22.6. The highest BCUT2D eigenvalue weighted by atomic mass is 32.1. The molecule has 1 N–H and O–H groups in total. The topological polar surface area (TPSA) is 62.3 Å². The van der Waals surface area contributed by atoms with Crippen molar-refractivity contribution in [3.05, 3.63) is 45.5 Å². The van der Waals surface area contributed by atoms with E-state index in [1.54, 1.807) is 0 Å². The molecule has 12 heteroatoms. The van der Waals surface area contributed by atoms with Crippen LogP contribution in [-0.2, 0) is 30.1 Å². The molecule has 1 saturated carbocycles. The lowest BCUT2D eigenvalue weighted by atomic mass is 9.85. The lowest BCUT2D eigenvalue weighted by Crippen LogP contribution is -2.35. The average molecular weight is 477 g/mol. The van der Waals surface area contributed by atoms with Gasteiger partial charge in [-0.05, 0) is 31.0 Å². The molecule has 5 nitrogen and oxygen atoms in total. The summed E-state index contributed by atoms with van der Waals surface area (Å²) >= 11 is 1.15. The third-order valence-corrected chi connectivity index (χ3v) is 6.56. The van der Waals surface area contributed by atoms with Crippen molar-refractivity contribution in [1.29, 1.82) is 0 Å². The molecule has 1 aliphatic carbocycles. The molecular formula is C20H17F6N3O2S. The lowest BCUT2D eigenvalue weighted by molar-refractivity contribution is -0.143. The number of hydrogen-bond donors (Lipinski definition) is 1. The summed E-state index contributed by atoms with van der Waals surface area (Å²) < 4.78 is 78.6. The van der Waals surface area contributed by atoms with Crippen LogP contribution in [0.5, 0.6) is 0 Å². The summed E-state index contributed by atoms with van der Waals surface area (Å²) in [6.07, 6.45) is -7.16. The van der Waals surface area contributed by atoms with Gasteiger partial charge in [-0.1, -0.05) is 17.8 Å². The average Bonchev–Trinajstić information content (AvgIpc) is 3.05. The van der Waals surface area contributed by atoms with Gasteiger partial charge in [0.15, 0.2) is 5.13 Å². The number of carbonyl (C=O) groups is 2. The molecule has 4 rings (SSSR count). The minimum absolute atomic E-state index is 0.00859. The second-order valence-corrected chi connectivity index (χ2v) is 8.86. The minimum atomic E-state index is -5.03. The monoisotopic (exact) mass is 477 g/mol. The number of benzene rings is 1. The van der Waals surface area contributed by atoms with Gasteiger partial charge in [-0.2, -0.15) is 26.3 Å². The van der Waals surface area contributed by atoms with E-state index in [-0.39, 0.29) is 37.4 Å². The van der Waals surface area contributed by atoms with Gasteiger partial charge in [0.25, 0.3) is 5.91 Å². The van der Waals surface area contributed by atoms with Crippen LogP contribution in [0.1, 0.15) is 51.3 Å². The number of nitrogens with one attached hydrogen (secondary N) is 1. The number of thiazole rings is 1. The van der Waals surface area contributed by atoms with Crippen molar-refractivity contribution in [2.45, 2.75) is 44.6 Å². The van der Waals surface area contributed by atoms with Gasteiger partial charge in [-0.3, -0.25) is 9.59 Å². The molecule has 2 aromatic rings. The number of fused-ring (bicyclic) bond motifs is 1. The summed E-state index contributed by atoms with van der Waals surface area (Å²) in [5, 5.41) is 3.11. The van der Waals surface area contributed by atoms with E-state index < -0.39 is 35.0 Å². The van der Waals surface area contributed by atoms with E-state index in [9.17, 15) is 35.9 Å². The molecule has 0 atom stereocenters. The third kappa shape index (κ3) is 4.59. The number of nitrogens with zero attached hydrogens (tertiary/aromatic N) is 2. The predicted octanol–water partition coefficient (Wildman–Crippen LogP) is 5.12. The van der Waals surface area contributed by atoms with Crippen molar-refractivity contribution in [1.82, 2.24) is 9.88 Å².